The Morgan fingerprint density at radius 1 is 1.17 bits per heavy atom. The summed E-state index contributed by atoms with van der Waals surface area (Å²) in [6, 6.07) is 11.5. The van der Waals surface area contributed by atoms with E-state index in [2.05, 4.69) is 5.32 Å². The minimum atomic E-state index is -1.17. The molecule has 0 unspecified atom stereocenters. The molecule has 2 aliphatic rings. The van der Waals surface area contributed by atoms with E-state index in [-0.39, 0.29) is 25.5 Å². The zero-order valence-electron chi connectivity index (χ0n) is 16.1. The van der Waals surface area contributed by atoms with Gasteiger partial charge in [-0.1, -0.05) is 18.2 Å². The van der Waals surface area contributed by atoms with Gasteiger partial charge in [0.15, 0.2) is 17.3 Å². The van der Waals surface area contributed by atoms with E-state index < -0.39 is 17.5 Å². The standard InChI is InChI=1S/C21H20N2O6/c1-21(10-14-5-3-4-6-16(14)27-2)19(25)23(20(26)22-21)11-15(24)13-7-8-17-18(9-13)29-12-28-17/h3-9H,10-12H2,1-2H3,(H,22,26)/t21-/m0/s1. The lowest BCUT2D eigenvalue weighted by molar-refractivity contribution is -0.130. The second-order valence-corrected chi connectivity index (χ2v) is 7.13. The number of benzene rings is 2. The lowest BCUT2D eigenvalue weighted by Gasteiger charge is -2.22. The maximum atomic E-state index is 13.0. The van der Waals surface area contributed by atoms with E-state index in [1.54, 1.807) is 38.3 Å². The third-order valence-corrected chi connectivity index (χ3v) is 5.08. The fourth-order valence-corrected chi connectivity index (χ4v) is 3.55. The van der Waals surface area contributed by atoms with E-state index >= 15 is 0 Å². The molecule has 3 amide bonds. The molecule has 2 heterocycles. The zero-order chi connectivity index (χ0) is 20.6. The van der Waals surface area contributed by atoms with Crippen LogP contribution in [0.3, 0.4) is 0 Å². The van der Waals surface area contributed by atoms with Gasteiger partial charge in [0.05, 0.1) is 13.7 Å². The van der Waals surface area contributed by atoms with E-state index in [9.17, 15) is 14.4 Å². The van der Waals surface area contributed by atoms with Gasteiger partial charge in [-0.05, 0) is 36.8 Å². The van der Waals surface area contributed by atoms with Crippen LogP contribution in [0.4, 0.5) is 4.79 Å². The number of amides is 3. The van der Waals surface area contributed by atoms with Crippen molar-refractivity contribution in [3.8, 4) is 17.2 Å². The van der Waals surface area contributed by atoms with Gasteiger partial charge in [0, 0.05) is 12.0 Å². The summed E-state index contributed by atoms with van der Waals surface area (Å²) >= 11 is 0. The number of hydrogen-bond acceptors (Lipinski definition) is 6. The Labute approximate surface area is 167 Å². The molecule has 0 saturated carbocycles. The summed E-state index contributed by atoms with van der Waals surface area (Å²) in [4.78, 5) is 39.1. The molecule has 2 aromatic carbocycles. The first-order valence-electron chi connectivity index (χ1n) is 9.10. The Bertz CT molecular complexity index is 1000. The van der Waals surface area contributed by atoms with Gasteiger partial charge in [0.2, 0.25) is 6.79 Å². The number of urea groups is 1. The van der Waals surface area contributed by atoms with Gasteiger partial charge in [0.1, 0.15) is 11.3 Å². The molecule has 1 N–H and O–H groups in total. The fourth-order valence-electron chi connectivity index (χ4n) is 3.55. The third-order valence-electron chi connectivity index (χ3n) is 5.08. The predicted molar refractivity (Wildman–Crippen MR) is 102 cm³/mol. The molecule has 1 saturated heterocycles. The summed E-state index contributed by atoms with van der Waals surface area (Å²) in [5.74, 6) is 0.830. The lowest BCUT2D eigenvalue weighted by Crippen LogP contribution is -2.46. The molecule has 4 rings (SSSR count). The number of nitrogens with one attached hydrogen (secondary N) is 1. The van der Waals surface area contributed by atoms with Crippen LogP contribution in [-0.4, -0.2) is 48.6 Å². The first-order chi connectivity index (χ1) is 13.9. The van der Waals surface area contributed by atoms with Crippen LogP contribution in [0.15, 0.2) is 42.5 Å². The van der Waals surface area contributed by atoms with Gasteiger partial charge < -0.3 is 19.5 Å². The number of fused-ring (bicyclic) bond motifs is 1. The van der Waals surface area contributed by atoms with Gasteiger partial charge in [0.25, 0.3) is 5.91 Å². The van der Waals surface area contributed by atoms with Gasteiger partial charge in [-0.15, -0.1) is 0 Å². The van der Waals surface area contributed by atoms with Gasteiger partial charge in [-0.25, -0.2) is 4.79 Å². The molecule has 8 nitrogen and oxygen atoms in total. The number of para-hydroxylation sites is 1. The van der Waals surface area contributed by atoms with Crippen molar-refractivity contribution in [1.29, 1.82) is 0 Å². The number of hydrogen-bond donors (Lipinski definition) is 1. The van der Waals surface area contributed by atoms with E-state index in [0.29, 0.717) is 22.8 Å². The van der Waals surface area contributed by atoms with Gasteiger partial charge in [-0.3, -0.25) is 14.5 Å². The van der Waals surface area contributed by atoms with Crippen molar-refractivity contribution in [1.82, 2.24) is 10.2 Å². The highest BCUT2D eigenvalue weighted by Crippen LogP contribution is 2.33. The summed E-state index contributed by atoms with van der Waals surface area (Å²) in [7, 11) is 1.55. The van der Waals surface area contributed by atoms with Crippen LogP contribution >= 0.6 is 0 Å². The van der Waals surface area contributed by atoms with E-state index in [4.69, 9.17) is 14.2 Å². The van der Waals surface area contributed by atoms with Crippen LogP contribution in [0, 0.1) is 0 Å². The molecule has 2 aromatic rings. The quantitative estimate of drug-likeness (QED) is 0.594. The number of carbonyl (C=O) groups excluding carboxylic acids is 3. The van der Waals surface area contributed by atoms with Gasteiger partial charge >= 0.3 is 6.03 Å². The molecule has 8 heteroatoms. The van der Waals surface area contributed by atoms with E-state index in [1.165, 1.54) is 0 Å². The summed E-state index contributed by atoms with van der Waals surface area (Å²) in [5.41, 5.74) is -0.0378. The smallest absolute Gasteiger partial charge is 0.325 e. The Hall–Kier alpha value is -3.55. The average Bonchev–Trinajstić information content (AvgIpc) is 3.26. The van der Waals surface area contributed by atoms with E-state index in [1.807, 2.05) is 18.2 Å². The number of Topliss-reactive ketones (excluding diaryl/α,β-unsaturated/α-hetero) is 1. The summed E-state index contributed by atoms with van der Waals surface area (Å²) in [5, 5.41) is 2.71. The minimum Gasteiger partial charge on any atom is -0.496 e. The van der Waals surface area contributed by atoms with Crippen LogP contribution < -0.4 is 19.5 Å². The molecule has 0 spiro atoms. The number of nitrogens with zero attached hydrogens (tertiary/aromatic N) is 1. The van der Waals surface area contributed by atoms with Crippen LogP contribution in [0.5, 0.6) is 17.2 Å². The van der Waals surface area contributed by atoms with Crippen LogP contribution in [-0.2, 0) is 11.2 Å². The normalized spacial score (nSPS) is 20.0. The number of carbonyl (C=O) groups is 3. The molecule has 2 aliphatic heterocycles. The Morgan fingerprint density at radius 2 is 1.93 bits per heavy atom. The summed E-state index contributed by atoms with van der Waals surface area (Å²) in [6.45, 7) is 1.39. The monoisotopic (exact) mass is 396 g/mol. The second kappa shape index (κ2) is 7.12. The number of ketones is 1. The van der Waals surface area contributed by atoms with Crippen molar-refractivity contribution in [2.24, 2.45) is 0 Å². The molecule has 0 radical (unpaired) electrons. The summed E-state index contributed by atoms with van der Waals surface area (Å²) < 4.78 is 15.8. The fraction of sp³-hybridized carbons (Fsp3) is 0.286. The van der Waals surface area contributed by atoms with Crippen LogP contribution in [0.2, 0.25) is 0 Å². The van der Waals surface area contributed by atoms with Crippen molar-refractivity contribution in [2.45, 2.75) is 18.9 Å². The number of imide groups is 1. The summed E-state index contributed by atoms with van der Waals surface area (Å²) in [6.07, 6.45) is 0.246. The molecule has 0 aliphatic carbocycles. The maximum Gasteiger partial charge on any atom is 0.325 e. The Kier molecular flexibility index (Phi) is 4.62. The van der Waals surface area contributed by atoms with Crippen molar-refractivity contribution in [3.05, 3.63) is 53.6 Å². The minimum absolute atomic E-state index is 0.0985. The number of ether oxygens (including phenoxy) is 3. The molecule has 29 heavy (non-hydrogen) atoms. The molecule has 1 fully saturated rings. The highest BCUT2D eigenvalue weighted by molar-refractivity contribution is 6.11. The van der Waals surface area contributed by atoms with Gasteiger partial charge in [-0.2, -0.15) is 0 Å². The van der Waals surface area contributed by atoms with Crippen molar-refractivity contribution in [2.75, 3.05) is 20.4 Å². The van der Waals surface area contributed by atoms with Crippen molar-refractivity contribution in [3.63, 3.8) is 0 Å². The van der Waals surface area contributed by atoms with Crippen molar-refractivity contribution >= 4 is 17.7 Å². The van der Waals surface area contributed by atoms with Crippen LogP contribution in [0.25, 0.3) is 0 Å². The largest absolute Gasteiger partial charge is 0.496 e. The molecule has 0 bridgehead atoms. The Balaban J connectivity index is 1.51. The maximum absolute atomic E-state index is 13.0. The molecular formula is C21H20N2O6. The van der Waals surface area contributed by atoms with E-state index in [0.717, 1.165) is 10.5 Å². The average molecular weight is 396 g/mol. The topological polar surface area (TPSA) is 94.2 Å². The highest BCUT2D eigenvalue weighted by atomic mass is 16.7. The molecule has 0 aromatic heterocycles. The molecular weight excluding hydrogens is 376 g/mol. The first kappa shape index (κ1) is 18.8. The second-order valence-electron chi connectivity index (χ2n) is 7.13. The van der Waals surface area contributed by atoms with Crippen molar-refractivity contribution < 1.29 is 28.6 Å². The molecule has 1 atom stereocenters. The van der Waals surface area contributed by atoms with Crippen LogP contribution in [0.1, 0.15) is 22.8 Å². The third kappa shape index (κ3) is 3.37. The Morgan fingerprint density at radius 3 is 2.72 bits per heavy atom. The number of methoxy groups -OCH3 is 1. The lowest BCUT2D eigenvalue weighted by atomic mass is 9.92. The predicted octanol–water partition coefficient (Wildman–Crippen LogP) is 2.16. The SMILES string of the molecule is COc1ccccc1C[C@]1(C)NC(=O)N(CC(=O)c2ccc3c(c2)OCO3)C1=O. The highest BCUT2D eigenvalue weighted by Gasteiger charge is 2.48. The first-order valence-corrected chi connectivity index (χ1v) is 9.10. The molecule has 150 valence electrons. The number of rotatable bonds is 6. The zero-order valence-corrected chi connectivity index (χ0v) is 16.1.